The minimum atomic E-state index is -0.643. The summed E-state index contributed by atoms with van der Waals surface area (Å²) in [5.41, 5.74) is 2.62. The number of esters is 2. The molecule has 152 valence electrons. The smallest absolute Gasteiger partial charge is 0.358 e. The molecule has 1 atom stereocenters. The lowest BCUT2D eigenvalue weighted by Gasteiger charge is -2.26. The van der Waals surface area contributed by atoms with Crippen LogP contribution in [0, 0.1) is 6.92 Å². The zero-order chi connectivity index (χ0) is 21.0. The number of aromatic nitrogens is 1. The minimum Gasteiger partial charge on any atom is -0.463 e. The van der Waals surface area contributed by atoms with Crippen molar-refractivity contribution in [3.05, 3.63) is 52.2 Å². The number of nitrogens with zero attached hydrogens (tertiary/aromatic N) is 1. The van der Waals surface area contributed by atoms with Crippen LogP contribution in [0.2, 0.25) is 0 Å². The molecule has 1 aliphatic rings. The Bertz CT molecular complexity index is 965. The van der Waals surface area contributed by atoms with E-state index in [2.05, 4.69) is 15.6 Å². The number of benzene rings is 1. The van der Waals surface area contributed by atoms with Gasteiger partial charge in [0.25, 0.3) is 0 Å². The van der Waals surface area contributed by atoms with Crippen LogP contribution in [-0.2, 0) is 14.3 Å². The molecule has 1 aromatic heterocycles. The molecule has 0 radical (unpaired) electrons. The molecule has 3 rings (SSSR count). The topological polar surface area (TPSA) is 107 Å². The molecule has 0 saturated heterocycles. The monoisotopic (exact) mass is 415 g/mol. The van der Waals surface area contributed by atoms with E-state index in [1.54, 1.807) is 19.2 Å². The van der Waals surface area contributed by atoms with Gasteiger partial charge in [-0.3, -0.25) is 0 Å². The number of ether oxygens (including phenoxy) is 2. The summed E-state index contributed by atoms with van der Waals surface area (Å²) in [6.07, 6.45) is 0. The van der Waals surface area contributed by atoms with Gasteiger partial charge in [-0.05, 0) is 20.8 Å². The van der Waals surface area contributed by atoms with Crippen molar-refractivity contribution in [2.24, 2.45) is 0 Å². The highest BCUT2D eigenvalue weighted by Gasteiger charge is 2.30. The van der Waals surface area contributed by atoms with Crippen LogP contribution < -0.4 is 10.6 Å². The zero-order valence-electron chi connectivity index (χ0n) is 16.3. The highest BCUT2D eigenvalue weighted by molar-refractivity contribution is 7.13. The summed E-state index contributed by atoms with van der Waals surface area (Å²) in [5.74, 6) is -1.22. The quantitative estimate of drug-likeness (QED) is 0.703. The fourth-order valence-corrected chi connectivity index (χ4v) is 3.60. The molecular weight excluding hydrogens is 394 g/mol. The first-order valence-electron chi connectivity index (χ1n) is 9.06. The predicted octanol–water partition coefficient (Wildman–Crippen LogP) is 2.79. The van der Waals surface area contributed by atoms with E-state index in [-0.39, 0.29) is 30.2 Å². The molecule has 0 spiro atoms. The Hall–Kier alpha value is -3.20. The molecule has 2 N–H and O–H groups in total. The van der Waals surface area contributed by atoms with Gasteiger partial charge in [0.05, 0.1) is 23.9 Å². The zero-order valence-corrected chi connectivity index (χ0v) is 17.1. The number of carbonyl (C=O) groups is 3. The third kappa shape index (κ3) is 4.80. The van der Waals surface area contributed by atoms with Crippen molar-refractivity contribution >= 4 is 29.3 Å². The van der Waals surface area contributed by atoms with Crippen LogP contribution in [0.4, 0.5) is 4.79 Å². The van der Waals surface area contributed by atoms with Gasteiger partial charge in [-0.15, -0.1) is 11.3 Å². The van der Waals surface area contributed by atoms with Crippen molar-refractivity contribution in [3.8, 4) is 10.6 Å². The number of carbonyl (C=O) groups excluding carboxylic acids is 3. The minimum absolute atomic E-state index is 0.164. The fraction of sp³-hybridized carbons (Fsp3) is 0.300. The van der Waals surface area contributed by atoms with Gasteiger partial charge in [-0.25, -0.2) is 19.4 Å². The van der Waals surface area contributed by atoms with Crippen molar-refractivity contribution < 1.29 is 23.9 Å². The normalized spacial score (nSPS) is 16.1. The number of amides is 2. The van der Waals surface area contributed by atoms with E-state index >= 15 is 0 Å². The third-order valence-electron chi connectivity index (χ3n) is 4.22. The molecule has 2 amide bonds. The molecule has 0 unspecified atom stereocenters. The van der Waals surface area contributed by atoms with E-state index in [0.29, 0.717) is 5.01 Å². The number of nitrogens with one attached hydrogen (secondary N) is 2. The standard InChI is InChI=1S/C20H21N3O5S/c1-4-27-19(25)16-12(3)21-20(26)23-14(16)9-28-18(24)15-10-29-17(22-15)13-7-5-11(2)6-8-13/h5-8,10,12H,4,9H2,1-3H3,(H2,21,23,26)/t12-/m1/s1. The van der Waals surface area contributed by atoms with Crippen LogP contribution in [0.1, 0.15) is 29.9 Å². The second-order valence-electron chi connectivity index (χ2n) is 6.41. The van der Waals surface area contributed by atoms with Crippen molar-refractivity contribution in [3.63, 3.8) is 0 Å². The van der Waals surface area contributed by atoms with E-state index in [1.807, 2.05) is 31.2 Å². The van der Waals surface area contributed by atoms with Gasteiger partial charge in [0.2, 0.25) is 0 Å². The Morgan fingerprint density at radius 1 is 1.17 bits per heavy atom. The lowest BCUT2D eigenvalue weighted by atomic mass is 10.0. The fourth-order valence-electron chi connectivity index (χ4n) is 2.80. The molecule has 2 aromatic rings. The van der Waals surface area contributed by atoms with E-state index in [9.17, 15) is 14.4 Å². The van der Waals surface area contributed by atoms with E-state index in [1.165, 1.54) is 11.3 Å². The van der Waals surface area contributed by atoms with Crippen LogP contribution in [0.25, 0.3) is 10.6 Å². The number of rotatable bonds is 6. The molecule has 0 saturated carbocycles. The second kappa shape index (κ2) is 8.87. The Balaban J connectivity index is 1.73. The first kappa shape index (κ1) is 20.5. The maximum atomic E-state index is 12.4. The molecule has 29 heavy (non-hydrogen) atoms. The highest BCUT2D eigenvalue weighted by atomic mass is 32.1. The van der Waals surface area contributed by atoms with Gasteiger partial charge >= 0.3 is 18.0 Å². The van der Waals surface area contributed by atoms with Gasteiger partial charge in [0.1, 0.15) is 11.6 Å². The summed E-state index contributed by atoms with van der Waals surface area (Å²) in [4.78, 5) is 40.7. The van der Waals surface area contributed by atoms with Gasteiger partial charge in [0.15, 0.2) is 5.69 Å². The lowest BCUT2D eigenvalue weighted by Crippen LogP contribution is -2.50. The molecule has 8 nitrogen and oxygen atoms in total. The third-order valence-corrected chi connectivity index (χ3v) is 5.12. The molecule has 1 aromatic carbocycles. The van der Waals surface area contributed by atoms with Crippen LogP contribution in [0.5, 0.6) is 0 Å². The number of aryl methyl sites for hydroxylation is 1. The Labute approximate surface area is 171 Å². The summed E-state index contributed by atoms with van der Waals surface area (Å²) in [6, 6.07) is 6.77. The average Bonchev–Trinajstić information content (AvgIpc) is 3.16. The lowest BCUT2D eigenvalue weighted by molar-refractivity contribution is -0.139. The first-order valence-corrected chi connectivity index (χ1v) is 9.94. The summed E-state index contributed by atoms with van der Waals surface area (Å²) in [7, 11) is 0. The van der Waals surface area contributed by atoms with Crippen molar-refractivity contribution in [2.45, 2.75) is 26.8 Å². The van der Waals surface area contributed by atoms with Gasteiger partial charge in [-0.2, -0.15) is 0 Å². The Kier molecular flexibility index (Phi) is 6.28. The summed E-state index contributed by atoms with van der Waals surface area (Å²) in [6.45, 7) is 5.25. The second-order valence-corrected chi connectivity index (χ2v) is 7.27. The largest absolute Gasteiger partial charge is 0.463 e. The number of urea groups is 1. The summed E-state index contributed by atoms with van der Waals surface area (Å²) in [5, 5.41) is 7.41. The van der Waals surface area contributed by atoms with Gasteiger partial charge in [-0.1, -0.05) is 29.8 Å². The van der Waals surface area contributed by atoms with Crippen LogP contribution in [-0.4, -0.2) is 42.2 Å². The maximum Gasteiger partial charge on any atom is 0.358 e. The number of thiazole rings is 1. The van der Waals surface area contributed by atoms with Crippen LogP contribution in [0.15, 0.2) is 40.9 Å². The van der Waals surface area contributed by atoms with E-state index in [0.717, 1.165) is 11.1 Å². The summed E-state index contributed by atoms with van der Waals surface area (Å²) >= 11 is 1.33. The predicted molar refractivity (Wildman–Crippen MR) is 107 cm³/mol. The molecule has 1 aliphatic heterocycles. The van der Waals surface area contributed by atoms with E-state index < -0.39 is 24.0 Å². The van der Waals surface area contributed by atoms with E-state index in [4.69, 9.17) is 9.47 Å². The number of hydrogen-bond donors (Lipinski definition) is 2. The molecule has 9 heteroatoms. The van der Waals surface area contributed by atoms with Gasteiger partial charge in [0, 0.05) is 10.9 Å². The molecule has 0 bridgehead atoms. The SMILES string of the molecule is CCOC(=O)C1=C(COC(=O)c2csc(-c3ccc(C)cc3)n2)NC(=O)N[C@@H]1C. The number of hydrogen-bond acceptors (Lipinski definition) is 7. The Morgan fingerprint density at radius 3 is 2.59 bits per heavy atom. The summed E-state index contributed by atoms with van der Waals surface area (Å²) < 4.78 is 10.3. The van der Waals surface area contributed by atoms with Crippen molar-refractivity contribution in [2.75, 3.05) is 13.2 Å². The average molecular weight is 415 g/mol. The van der Waals surface area contributed by atoms with Crippen molar-refractivity contribution in [1.29, 1.82) is 0 Å². The molecule has 0 aliphatic carbocycles. The molecule has 0 fully saturated rings. The highest BCUT2D eigenvalue weighted by Crippen LogP contribution is 2.24. The van der Waals surface area contributed by atoms with Crippen LogP contribution in [0.3, 0.4) is 0 Å². The Morgan fingerprint density at radius 2 is 1.90 bits per heavy atom. The van der Waals surface area contributed by atoms with Crippen molar-refractivity contribution in [1.82, 2.24) is 15.6 Å². The first-order chi connectivity index (χ1) is 13.9. The van der Waals surface area contributed by atoms with Crippen LogP contribution >= 0.6 is 11.3 Å². The molecule has 2 heterocycles. The maximum absolute atomic E-state index is 12.4. The molecular formula is C20H21N3O5S. The van der Waals surface area contributed by atoms with Gasteiger partial charge < -0.3 is 20.1 Å².